The molecule has 7 heteroatoms. The maximum atomic E-state index is 12.7. The molecule has 0 aliphatic rings. The summed E-state index contributed by atoms with van der Waals surface area (Å²) in [5, 5.41) is 2.85. The van der Waals surface area contributed by atoms with Crippen LogP contribution in [0.15, 0.2) is 48.5 Å². The number of nitrogen functional groups attached to an aromatic ring is 1. The zero-order valence-electron chi connectivity index (χ0n) is 15.2. The molecule has 3 rings (SSSR count). The van der Waals surface area contributed by atoms with E-state index >= 15 is 0 Å². The molecular weight excluding hydrogens is 378 g/mol. The molecule has 0 atom stereocenters. The van der Waals surface area contributed by atoms with E-state index in [1.165, 1.54) is 16.9 Å². The fraction of sp³-hybridized carbons (Fsp3) is 0.200. The van der Waals surface area contributed by atoms with E-state index < -0.39 is 0 Å². The number of rotatable bonds is 6. The molecule has 0 saturated carbocycles. The van der Waals surface area contributed by atoms with Gasteiger partial charge in [0, 0.05) is 11.4 Å². The first-order valence-electron chi connectivity index (χ1n) is 8.68. The lowest BCUT2D eigenvalue weighted by atomic mass is 10.1. The number of anilines is 2. The number of nitrogens with two attached hydrogens (primary N) is 1. The van der Waals surface area contributed by atoms with E-state index in [2.05, 4.69) is 12.2 Å². The second-order valence-corrected chi connectivity index (χ2v) is 7.49. The highest BCUT2D eigenvalue weighted by molar-refractivity contribution is 7.73. The van der Waals surface area contributed by atoms with Gasteiger partial charge in [-0.3, -0.25) is 9.36 Å². The Morgan fingerprint density at radius 2 is 1.81 bits per heavy atom. The number of benzene rings is 2. The van der Waals surface area contributed by atoms with E-state index in [1.807, 2.05) is 43.3 Å². The molecule has 3 aromatic rings. The van der Waals surface area contributed by atoms with Crippen molar-refractivity contribution >= 4 is 41.0 Å². The van der Waals surface area contributed by atoms with Crippen molar-refractivity contribution in [1.29, 1.82) is 0 Å². The van der Waals surface area contributed by atoms with Crippen LogP contribution < -0.4 is 15.8 Å². The second kappa shape index (κ2) is 8.37. The molecule has 27 heavy (non-hydrogen) atoms. The highest BCUT2D eigenvalue weighted by Crippen LogP contribution is 2.27. The molecule has 0 aliphatic carbocycles. The van der Waals surface area contributed by atoms with Gasteiger partial charge in [0.25, 0.3) is 5.91 Å². The minimum absolute atomic E-state index is 0.281. The van der Waals surface area contributed by atoms with Crippen molar-refractivity contribution in [2.45, 2.75) is 20.3 Å². The van der Waals surface area contributed by atoms with Gasteiger partial charge in [-0.05, 0) is 67.5 Å². The first kappa shape index (κ1) is 19.1. The highest BCUT2D eigenvalue weighted by Gasteiger charge is 2.18. The molecule has 0 aliphatic heterocycles. The van der Waals surface area contributed by atoms with Crippen molar-refractivity contribution in [3.63, 3.8) is 0 Å². The third-order valence-electron chi connectivity index (χ3n) is 4.08. The topological polar surface area (TPSA) is 69.3 Å². The Morgan fingerprint density at radius 3 is 2.41 bits per heavy atom. The second-order valence-electron chi connectivity index (χ2n) is 5.85. The number of carbonyl (C=O) groups excluding carboxylic acids is 1. The molecule has 0 bridgehead atoms. The summed E-state index contributed by atoms with van der Waals surface area (Å²) >= 11 is 6.64. The summed E-state index contributed by atoms with van der Waals surface area (Å²) in [4.78, 5) is 13.1. The van der Waals surface area contributed by atoms with Crippen LogP contribution in [0.25, 0.3) is 5.69 Å². The van der Waals surface area contributed by atoms with E-state index in [1.54, 1.807) is 16.7 Å². The predicted molar refractivity (Wildman–Crippen MR) is 114 cm³/mol. The van der Waals surface area contributed by atoms with Crippen LogP contribution in [0.4, 0.5) is 11.5 Å². The summed E-state index contributed by atoms with van der Waals surface area (Å²) in [6.07, 6.45) is 0.959. The zero-order valence-corrected chi connectivity index (χ0v) is 16.8. The molecule has 0 unspecified atom stereocenters. The molecule has 5 nitrogen and oxygen atoms in total. The molecule has 1 aromatic heterocycles. The lowest BCUT2D eigenvalue weighted by Crippen LogP contribution is -2.13. The number of hydrogen-bond acceptors (Lipinski definition) is 5. The number of carbonyl (C=O) groups is 1. The summed E-state index contributed by atoms with van der Waals surface area (Å²) in [7, 11) is 0. The van der Waals surface area contributed by atoms with Crippen LogP contribution in [-0.2, 0) is 6.42 Å². The summed E-state index contributed by atoms with van der Waals surface area (Å²) in [6, 6.07) is 15.2. The SMILES string of the molecule is CCOc1ccc(NC(=O)c2sc(=S)n(-c3ccc(CC)cc3)c2N)cc1. The summed E-state index contributed by atoms with van der Waals surface area (Å²) < 4.78 is 7.67. The lowest BCUT2D eigenvalue weighted by molar-refractivity contribution is 0.103. The average molecular weight is 400 g/mol. The smallest absolute Gasteiger partial charge is 0.269 e. The summed E-state index contributed by atoms with van der Waals surface area (Å²) in [5.41, 5.74) is 9.00. The molecule has 0 saturated heterocycles. The maximum absolute atomic E-state index is 12.7. The van der Waals surface area contributed by atoms with Crippen LogP contribution in [0.5, 0.6) is 5.75 Å². The molecular formula is C20H21N3O2S2. The van der Waals surface area contributed by atoms with Gasteiger partial charge in [0.2, 0.25) is 0 Å². The van der Waals surface area contributed by atoms with Crippen molar-refractivity contribution < 1.29 is 9.53 Å². The van der Waals surface area contributed by atoms with Gasteiger partial charge < -0.3 is 15.8 Å². The number of amides is 1. The Hall–Kier alpha value is -2.64. The van der Waals surface area contributed by atoms with Gasteiger partial charge in [-0.25, -0.2) is 0 Å². The number of ether oxygens (including phenoxy) is 1. The first-order valence-corrected chi connectivity index (χ1v) is 9.90. The van der Waals surface area contributed by atoms with Crippen LogP contribution in [-0.4, -0.2) is 17.1 Å². The normalized spacial score (nSPS) is 10.6. The van der Waals surface area contributed by atoms with Crippen LogP contribution in [0, 0.1) is 3.95 Å². The molecule has 1 amide bonds. The molecule has 1 heterocycles. The van der Waals surface area contributed by atoms with Gasteiger partial charge in [-0.15, -0.1) is 0 Å². The molecule has 0 fully saturated rings. The standard InChI is InChI=1S/C20H21N3O2S2/c1-3-13-5-9-15(10-6-13)23-18(21)17(27-20(23)26)19(24)22-14-7-11-16(12-8-14)25-4-2/h5-12H,3-4,21H2,1-2H3,(H,22,24). The van der Waals surface area contributed by atoms with Gasteiger partial charge in [-0.2, -0.15) is 0 Å². The molecule has 0 spiro atoms. The van der Waals surface area contributed by atoms with E-state index in [9.17, 15) is 4.79 Å². The van der Waals surface area contributed by atoms with E-state index in [4.69, 9.17) is 22.7 Å². The van der Waals surface area contributed by atoms with Gasteiger partial charge >= 0.3 is 0 Å². The number of thiazole rings is 1. The quantitative estimate of drug-likeness (QED) is 0.568. The van der Waals surface area contributed by atoms with Gasteiger partial charge in [0.1, 0.15) is 16.4 Å². The predicted octanol–water partition coefficient (Wildman–Crippen LogP) is 5.06. The van der Waals surface area contributed by atoms with E-state index in [-0.39, 0.29) is 5.91 Å². The molecule has 2 aromatic carbocycles. The summed E-state index contributed by atoms with van der Waals surface area (Å²) in [5.74, 6) is 0.821. The van der Waals surface area contributed by atoms with E-state index in [0.717, 1.165) is 17.9 Å². The Bertz CT molecular complexity index is 990. The highest BCUT2D eigenvalue weighted by atomic mass is 32.1. The molecule has 140 valence electrons. The first-order chi connectivity index (χ1) is 13.0. The number of aromatic nitrogens is 1. The Balaban J connectivity index is 1.84. The Kier molecular flexibility index (Phi) is 5.93. The van der Waals surface area contributed by atoms with Crippen LogP contribution >= 0.6 is 23.6 Å². The van der Waals surface area contributed by atoms with Crippen molar-refractivity contribution in [1.82, 2.24) is 4.57 Å². The average Bonchev–Trinajstić information content (AvgIpc) is 2.98. The van der Waals surface area contributed by atoms with Crippen LogP contribution in [0.2, 0.25) is 0 Å². The monoisotopic (exact) mass is 399 g/mol. The third kappa shape index (κ3) is 4.20. The number of hydrogen-bond donors (Lipinski definition) is 2. The fourth-order valence-electron chi connectivity index (χ4n) is 2.66. The third-order valence-corrected chi connectivity index (χ3v) is 5.47. The van der Waals surface area contributed by atoms with Crippen LogP contribution in [0.1, 0.15) is 29.1 Å². The van der Waals surface area contributed by atoms with Crippen molar-refractivity contribution in [2.24, 2.45) is 0 Å². The largest absolute Gasteiger partial charge is 0.494 e. The van der Waals surface area contributed by atoms with Crippen molar-refractivity contribution in [3.05, 3.63) is 62.9 Å². The molecule has 3 N–H and O–H groups in total. The van der Waals surface area contributed by atoms with Gasteiger partial charge in [-0.1, -0.05) is 30.4 Å². The Morgan fingerprint density at radius 1 is 1.15 bits per heavy atom. The number of aryl methyl sites for hydroxylation is 1. The maximum Gasteiger partial charge on any atom is 0.269 e. The van der Waals surface area contributed by atoms with Gasteiger partial charge in [0.05, 0.1) is 6.61 Å². The van der Waals surface area contributed by atoms with Crippen molar-refractivity contribution in [2.75, 3.05) is 17.7 Å². The fourth-order valence-corrected chi connectivity index (χ4v) is 3.93. The Labute approximate surface area is 167 Å². The number of nitrogens with one attached hydrogen (secondary N) is 1. The van der Waals surface area contributed by atoms with Crippen LogP contribution in [0.3, 0.4) is 0 Å². The minimum Gasteiger partial charge on any atom is -0.494 e. The van der Waals surface area contributed by atoms with Gasteiger partial charge in [0.15, 0.2) is 3.95 Å². The lowest BCUT2D eigenvalue weighted by Gasteiger charge is -2.08. The molecule has 0 radical (unpaired) electrons. The van der Waals surface area contributed by atoms with Crippen molar-refractivity contribution in [3.8, 4) is 11.4 Å². The zero-order chi connectivity index (χ0) is 19.4. The van der Waals surface area contributed by atoms with E-state index in [0.29, 0.717) is 26.9 Å². The minimum atomic E-state index is -0.281. The number of nitrogens with zero attached hydrogens (tertiary/aromatic N) is 1. The summed E-state index contributed by atoms with van der Waals surface area (Å²) in [6.45, 7) is 4.62.